The van der Waals surface area contributed by atoms with Gasteiger partial charge in [-0.25, -0.2) is 0 Å². The Kier molecular flexibility index (Phi) is 3.73. The van der Waals surface area contributed by atoms with E-state index < -0.39 is 5.54 Å². The van der Waals surface area contributed by atoms with E-state index in [4.69, 9.17) is 5.73 Å². The van der Waals surface area contributed by atoms with Gasteiger partial charge >= 0.3 is 0 Å². The van der Waals surface area contributed by atoms with E-state index >= 15 is 0 Å². The van der Waals surface area contributed by atoms with Crippen molar-refractivity contribution in [2.24, 2.45) is 11.7 Å². The van der Waals surface area contributed by atoms with E-state index in [1.807, 2.05) is 0 Å². The first-order chi connectivity index (χ1) is 6.80. The maximum Gasteiger partial charge on any atom is 0.239 e. The van der Waals surface area contributed by atoms with Crippen LogP contribution in [-0.2, 0) is 4.79 Å². The molecule has 2 atom stereocenters. The third kappa shape index (κ3) is 3.47. The first kappa shape index (κ1) is 12.5. The third-order valence-corrected chi connectivity index (χ3v) is 3.01. The molecule has 0 aliphatic carbocycles. The Labute approximate surface area is 92.2 Å². The van der Waals surface area contributed by atoms with E-state index in [1.54, 1.807) is 13.8 Å². The van der Waals surface area contributed by atoms with E-state index in [9.17, 15) is 4.79 Å². The lowest BCUT2D eigenvalue weighted by Crippen LogP contribution is -2.56. The molecule has 0 bridgehead atoms. The van der Waals surface area contributed by atoms with Gasteiger partial charge in [-0.1, -0.05) is 6.92 Å². The summed E-state index contributed by atoms with van der Waals surface area (Å²) in [6, 6.07) is 0.275. The molecule has 88 valence electrons. The number of rotatable bonds is 2. The number of hydrogen-bond acceptors (Lipinski definition) is 3. The first-order valence-corrected chi connectivity index (χ1v) is 5.59. The molecule has 0 spiro atoms. The van der Waals surface area contributed by atoms with Crippen LogP contribution in [0.25, 0.3) is 0 Å². The molecular formula is C11H23N3O. The van der Waals surface area contributed by atoms with Gasteiger partial charge in [0.2, 0.25) is 5.91 Å². The second-order valence-corrected chi connectivity index (χ2v) is 5.33. The van der Waals surface area contributed by atoms with Crippen molar-refractivity contribution in [1.82, 2.24) is 10.2 Å². The summed E-state index contributed by atoms with van der Waals surface area (Å²) < 4.78 is 0. The van der Waals surface area contributed by atoms with Gasteiger partial charge < -0.3 is 16.0 Å². The fourth-order valence-electron chi connectivity index (χ4n) is 1.92. The average molecular weight is 213 g/mol. The average Bonchev–Trinajstić information content (AvgIpc) is 2.08. The van der Waals surface area contributed by atoms with Gasteiger partial charge in [-0.15, -0.1) is 0 Å². The predicted molar refractivity (Wildman–Crippen MR) is 61.5 cm³/mol. The summed E-state index contributed by atoms with van der Waals surface area (Å²) in [7, 11) is 2.11. The Morgan fingerprint density at radius 1 is 1.53 bits per heavy atom. The molecule has 15 heavy (non-hydrogen) atoms. The highest BCUT2D eigenvalue weighted by Crippen LogP contribution is 2.15. The normalized spacial score (nSPS) is 28.9. The van der Waals surface area contributed by atoms with E-state index in [1.165, 1.54) is 0 Å². The molecule has 1 aliphatic heterocycles. The maximum absolute atomic E-state index is 11.7. The minimum absolute atomic E-state index is 0.0519. The fourth-order valence-corrected chi connectivity index (χ4v) is 1.92. The summed E-state index contributed by atoms with van der Waals surface area (Å²) in [5.41, 5.74) is 4.97. The molecule has 1 amide bonds. The molecule has 3 N–H and O–H groups in total. The van der Waals surface area contributed by atoms with Crippen molar-refractivity contribution in [3.8, 4) is 0 Å². The highest BCUT2D eigenvalue weighted by Gasteiger charge is 2.29. The molecule has 2 unspecified atom stereocenters. The summed E-state index contributed by atoms with van der Waals surface area (Å²) in [4.78, 5) is 14.0. The molecule has 1 rings (SSSR count). The van der Waals surface area contributed by atoms with Crippen LogP contribution in [-0.4, -0.2) is 42.5 Å². The maximum atomic E-state index is 11.7. The number of piperidine rings is 1. The molecule has 4 nitrogen and oxygen atoms in total. The van der Waals surface area contributed by atoms with Crippen molar-refractivity contribution < 1.29 is 4.79 Å². The van der Waals surface area contributed by atoms with Crippen LogP contribution in [0.1, 0.15) is 27.2 Å². The molecule has 1 saturated heterocycles. The van der Waals surface area contributed by atoms with Gasteiger partial charge in [0.05, 0.1) is 5.54 Å². The third-order valence-electron chi connectivity index (χ3n) is 3.01. The summed E-state index contributed by atoms with van der Waals surface area (Å²) >= 11 is 0. The molecule has 0 radical (unpaired) electrons. The van der Waals surface area contributed by atoms with Crippen molar-refractivity contribution in [2.45, 2.75) is 38.8 Å². The van der Waals surface area contributed by atoms with Crippen molar-refractivity contribution in [3.05, 3.63) is 0 Å². The lowest BCUT2D eigenvalue weighted by molar-refractivity contribution is -0.126. The van der Waals surface area contributed by atoms with Gasteiger partial charge in [-0.2, -0.15) is 0 Å². The van der Waals surface area contributed by atoms with Gasteiger partial charge in [0.25, 0.3) is 0 Å². The molecule has 1 heterocycles. The van der Waals surface area contributed by atoms with Crippen LogP contribution in [0.4, 0.5) is 0 Å². The van der Waals surface area contributed by atoms with Crippen LogP contribution in [0.2, 0.25) is 0 Å². The van der Waals surface area contributed by atoms with Crippen LogP contribution in [0, 0.1) is 5.92 Å². The summed E-state index contributed by atoms with van der Waals surface area (Å²) in [5.74, 6) is 0.443. The lowest BCUT2D eigenvalue weighted by atomic mass is 9.93. The Bertz CT molecular complexity index is 234. The quantitative estimate of drug-likeness (QED) is 0.688. The Morgan fingerprint density at radius 3 is 2.60 bits per heavy atom. The van der Waals surface area contributed by atoms with Crippen LogP contribution >= 0.6 is 0 Å². The molecule has 0 aromatic carbocycles. The SMILES string of the molecule is CC1CN(C)CCC1NC(=O)C(C)(C)N. The van der Waals surface area contributed by atoms with Crippen molar-refractivity contribution in [2.75, 3.05) is 20.1 Å². The number of hydrogen-bond donors (Lipinski definition) is 2. The predicted octanol–water partition coefficient (Wildman–Crippen LogP) is 0.180. The van der Waals surface area contributed by atoms with E-state index in [0.29, 0.717) is 5.92 Å². The Morgan fingerprint density at radius 2 is 2.13 bits per heavy atom. The van der Waals surface area contributed by atoms with Gasteiger partial charge in [-0.3, -0.25) is 4.79 Å². The monoisotopic (exact) mass is 213 g/mol. The minimum Gasteiger partial charge on any atom is -0.351 e. The van der Waals surface area contributed by atoms with E-state index in [0.717, 1.165) is 19.5 Å². The second kappa shape index (κ2) is 4.49. The number of nitrogens with one attached hydrogen (secondary N) is 1. The molecular weight excluding hydrogens is 190 g/mol. The van der Waals surface area contributed by atoms with E-state index in [2.05, 4.69) is 24.2 Å². The van der Waals surface area contributed by atoms with E-state index in [-0.39, 0.29) is 11.9 Å². The first-order valence-electron chi connectivity index (χ1n) is 5.59. The number of amides is 1. The molecule has 0 aromatic heterocycles. The van der Waals surface area contributed by atoms with Crippen LogP contribution in [0.3, 0.4) is 0 Å². The zero-order valence-electron chi connectivity index (χ0n) is 10.2. The molecule has 0 saturated carbocycles. The van der Waals surface area contributed by atoms with Gasteiger partial charge in [0, 0.05) is 12.6 Å². The van der Waals surface area contributed by atoms with Crippen LogP contribution < -0.4 is 11.1 Å². The Balaban J connectivity index is 2.49. The summed E-state index contributed by atoms with van der Waals surface area (Å²) in [6.07, 6.45) is 1.01. The van der Waals surface area contributed by atoms with Gasteiger partial charge in [0.15, 0.2) is 0 Å². The topological polar surface area (TPSA) is 58.4 Å². The zero-order chi connectivity index (χ0) is 11.6. The number of likely N-dealkylation sites (tertiary alicyclic amines) is 1. The van der Waals surface area contributed by atoms with Crippen molar-refractivity contribution in [3.63, 3.8) is 0 Å². The second-order valence-electron chi connectivity index (χ2n) is 5.33. The number of nitrogens with zero attached hydrogens (tertiary/aromatic N) is 1. The van der Waals surface area contributed by atoms with Crippen molar-refractivity contribution in [1.29, 1.82) is 0 Å². The summed E-state index contributed by atoms with van der Waals surface area (Å²) in [6.45, 7) is 7.73. The number of carbonyl (C=O) groups excluding carboxylic acids is 1. The number of nitrogens with two attached hydrogens (primary N) is 1. The molecule has 1 aliphatic rings. The fraction of sp³-hybridized carbons (Fsp3) is 0.909. The van der Waals surface area contributed by atoms with Gasteiger partial charge in [-0.05, 0) is 39.8 Å². The standard InChI is InChI=1S/C11H23N3O/c1-8-7-14(4)6-5-9(8)13-10(15)11(2,3)12/h8-9H,5-7,12H2,1-4H3,(H,13,15). The highest BCUT2D eigenvalue weighted by atomic mass is 16.2. The molecule has 1 fully saturated rings. The van der Waals surface area contributed by atoms with Crippen LogP contribution in [0.15, 0.2) is 0 Å². The van der Waals surface area contributed by atoms with Gasteiger partial charge in [0.1, 0.15) is 0 Å². The van der Waals surface area contributed by atoms with Crippen molar-refractivity contribution >= 4 is 5.91 Å². The highest BCUT2D eigenvalue weighted by molar-refractivity contribution is 5.85. The Hall–Kier alpha value is -0.610. The van der Waals surface area contributed by atoms with Crippen LogP contribution in [0.5, 0.6) is 0 Å². The zero-order valence-corrected chi connectivity index (χ0v) is 10.2. The minimum atomic E-state index is -0.775. The molecule has 4 heteroatoms. The lowest BCUT2D eigenvalue weighted by Gasteiger charge is -2.36. The summed E-state index contributed by atoms with van der Waals surface area (Å²) in [5, 5.41) is 3.04. The number of carbonyl (C=O) groups is 1. The molecule has 0 aromatic rings. The smallest absolute Gasteiger partial charge is 0.239 e. The largest absolute Gasteiger partial charge is 0.351 e.